The van der Waals surface area contributed by atoms with Crippen LogP contribution in [0.1, 0.15) is 31.4 Å². The topological polar surface area (TPSA) is 88.3 Å². The summed E-state index contributed by atoms with van der Waals surface area (Å²) in [5, 5.41) is 2.86. The highest BCUT2D eigenvalue weighted by molar-refractivity contribution is 5.98. The zero-order valence-corrected chi connectivity index (χ0v) is 12.0. The van der Waals surface area contributed by atoms with Gasteiger partial charge in [-0.25, -0.2) is 4.79 Å². The summed E-state index contributed by atoms with van der Waals surface area (Å²) < 4.78 is 0. The highest BCUT2D eigenvalue weighted by Gasteiger charge is 2.36. The highest BCUT2D eigenvalue weighted by atomic mass is 16.2. The molecule has 0 saturated heterocycles. The van der Waals surface area contributed by atoms with E-state index in [-0.39, 0.29) is 11.8 Å². The van der Waals surface area contributed by atoms with Crippen molar-refractivity contribution in [3.05, 3.63) is 23.5 Å². The van der Waals surface area contributed by atoms with Crippen molar-refractivity contribution >= 4 is 17.6 Å². The van der Waals surface area contributed by atoms with Gasteiger partial charge in [-0.15, -0.1) is 0 Å². The molecule has 6 nitrogen and oxygen atoms in total. The number of carbonyl (C=O) groups excluding carboxylic acids is 2. The molecule has 1 aromatic rings. The van der Waals surface area contributed by atoms with Gasteiger partial charge in [0.15, 0.2) is 0 Å². The van der Waals surface area contributed by atoms with Crippen molar-refractivity contribution in [2.75, 3.05) is 5.32 Å². The Balaban J connectivity index is 2.48. The summed E-state index contributed by atoms with van der Waals surface area (Å²) in [5.74, 6) is -0.172. The lowest BCUT2D eigenvalue weighted by Gasteiger charge is -2.31. The molecule has 0 aromatic carbocycles. The number of hydrogen-bond acceptors (Lipinski definition) is 3. The number of pyridine rings is 1. The van der Waals surface area contributed by atoms with Crippen molar-refractivity contribution in [3.8, 4) is 0 Å². The van der Waals surface area contributed by atoms with Crippen LogP contribution in [-0.4, -0.2) is 27.9 Å². The first-order chi connectivity index (χ1) is 9.45. The number of primary amides is 1. The number of fused-ring (bicyclic) bond motifs is 1. The van der Waals surface area contributed by atoms with Crippen molar-refractivity contribution < 1.29 is 9.59 Å². The van der Waals surface area contributed by atoms with Gasteiger partial charge in [-0.2, -0.15) is 0 Å². The van der Waals surface area contributed by atoms with Crippen LogP contribution in [0.4, 0.5) is 10.5 Å². The lowest BCUT2D eigenvalue weighted by molar-refractivity contribution is -0.121. The molecule has 1 aromatic heterocycles. The molecule has 1 aliphatic heterocycles. The Morgan fingerprint density at radius 1 is 1.60 bits per heavy atom. The fraction of sp³-hybridized carbons (Fsp3) is 0.500. The van der Waals surface area contributed by atoms with Crippen LogP contribution in [0.5, 0.6) is 0 Å². The molecule has 0 bridgehead atoms. The number of amides is 3. The van der Waals surface area contributed by atoms with E-state index >= 15 is 0 Å². The molecule has 2 atom stereocenters. The molecule has 3 amide bonds. The summed E-state index contributed by atoms with van der Waals surface area (Å²) in [7, 11) is 0. The summed E-state index contributed by atoms with van der Waals surface area (Å²) in [6.07, 6.45) is 4.11. The molecule has 2 rings (SSSR count). The Morgan fingerprint density at radius 2 is 2.30 bits per heavy atom. The summed E-state index contributed by atoms with van der Waals surface area (Å²) in [4.78, 5) is 29.7. The highest BCUT2D eigenvalue weighted by Crippen LogP contribution is 2.28. The Morgan fingerprint density at radius 3 is 2.90 bits per heavy atom. The van der Waals surface area contributed by atoms with Gasteiger partial charge in [0.05, 0.1) is 18.4 Å². The lowest BCUT2D eigenvalue weighted by atomic mass is 9.97. The van der Waals surface area contributed by atoms with Gasteiger partial charge in [-0.1, -0.05) is 20.3 Å². The van der Waals surface area contributed by atoms with Crippen LogP contribution < -0.4 is 11.1 Å². The van der Waals surface area contributed by atoms with Crippen LogP contribution in [0.15, 0.2) is 12.4 Å². The van der Waals surface area contributed by atoms with Crippen molar-refractivity contribution in [2.24, 2.45) is 11.7 Å². The number of anilines is 1. The van der Waals surface area contributed by atoms with Gasteiger partial charge in [0, 0.05) is 11.8 Å². The van der Waals surface area contributed by atoms with E-state index in [4.69, 9.17) is 5.73 Å². The Labute approximate surface area is 118 Å². The zero-order valence-electron chi connectivity index (χ0n) is 12.0. The van der Waals surface area contributed by atoms with Crippen LogP contribution in [0.2, 0.25) is 0 Å². The first-order valence-corrected chi connectivity index (χ1v) is 6.76. The van der Waals surface area contributed by atoms with Crippen LogP contribution in [-0.2, 0) is 11.3 Å². The van der Waals surface area contributed by atoms with E-state index in [9.17, 15) is 9.59 Å². The molecular formula is C14H20N4O2. The third kappa shape index (κ3) is 2.45. The molecule has 0 aliphatic carbocycles. The summed E-state index contributed by atoms with van der Waals surface area (Å²) in [6, 6.07) is -1.13. The average Bonchev–Trinajstić information content (AvgIpc) is 2.55. The summed E-state index contributed by atoms with van der Waals surface area (Å²) in [5.41, 5.74) is 7.96. The molecule has 1 aliphatic rings. The van der Waals surface area contributed by atoms with E-state index in [2.05, 4.69) is 10.3 Å². The minimum Gasteiger partial charge on any atom is -0.351 e. The molecule has 0 radical (unpaired) electrons. The first kappa shape index (κ1) is 14.3. The number of hydrogen-bond donors (Lipinski definition) is 2. The molecule has 0 spiro atoms. The second kappa shape index (κ2) is 5.48. The van der Waals surface area contributed by atoms with Crippen LogP contribution in [0.3, 0.4) is 0 Å². The van der Waals surface area contributed by atoms with E-state index in [1.807, 2.05) is 20.8 Å². The third-order valence-corrected chi connectivity index (χ3v) is 3.93. The maximum atomic E-state index is 12.4. The minimum atomic E-state index is -0.575. The van der Waals surface area contributed by atoms with Gasteiger partial charge in [0.25, 0.3) is 0 Å². The maximum Gasteiger partial charge on any atom is 0.315 e. The molecule has 108 valence electrons. The number of aryl methyl sites for hydroxylation is 1. The van der Waals surface area contributed by atoms with Crippen LogP contribution >= 0.6 is 0 Å². The third-order valence-electron chi connectivity index (χ3n) is 3.93. The number of aromatic nitrogens is 1. The average molecular weight is 276 g/mol. The van der Waals surface area contributed by atoms with E-state index in [0.29, 0.717) is 12.2 Å². The van der Waals surface area contributed by atoms with Crippen LogP contribution in [0.25, 0.3) is 0 Å². The van der Waals surface area contributed by atoms with Gasteiger partial charge in [0.1, 0.15) is 6.04 Å². The molecule has 20 heavy (non-hydrogen) atoms. The number of rotatable bonds is 2. The molecule has 0 unspecified atom stereocenters. The van der Waals surface area contributed by atoms with Gasteiger partial charge in [-0.05, 0) is 18.4 Å². The fourth-order valence-electron chi connectivity index (χ4n) is 2.53. The molecule has 0 saturated carbocycles. The van der Waals surface area contributed by atoms with Gasteiger partial charge >= 0.3 is 6.03 Å². The smallest absolute Gasteiger partial charge is 0.315 e. The van der Waals surface area contributed by atoms with Gasteiger partial charge in [-0.3, -0.25) is 9.78 Å². The molecule has 2 heterocycles. The first-order valence-electron chi connectivity index (χ1n) is 6.76. The fourth-order valence-corrected chi connectivity index (χ4v) is 2.53. The summed E-state index contributed by atoms with van der Waals surface area (Å²) >= 11 is 0. The van der Waals surface area contributed by atoms with E-state index in [0.717, 1.165) is 17.5 Å². The normalized spacial score (nSPS) is 19.9. The molecular weight excluding hydrogens is 256 g/mol. The number of carbonyl (C=O) groups is 2. The predicted octanol–water partition coefficient (Wildman–Crippen LogP) is 1.64. The van der Waals surface area contributed by atoms with Crippen LogP contribution in [0, 0.1) is 12.8 Å². The Kier molecular flexibility index (Phi) is 3.92. The van der Waals surface area contributed by atoms with Crippen molar-refractivity contribution in [1.29, 1.82) is 0 Å². The SMILES string of the molecule is CC[C@H](C)[C@H]1C(=O)Nc2cncc(C)c2CN1C(N)=O. The molecule has 3 N–H and O–H groups in total. The Hall–Kier alpha value is -2.11. The number of urea groups is 1. The zero-order chi connectivity index (χ0) is 14.9. The second-order valence-corrected chi connectivity index (χ2v) is 5.27. The molecule has 0 fully saturated rings. The second-order valence-electron chi connectivity index (χ2n) is 5.27. The standard InChI is InChI=1S/C14H20N4O2/c1-4-8(2)12-13(19)17-11-6-16-5-9(3)10(11)7-18(12)14(15)20/h5-6,8,12H,4,7H2,1-3H3,(H2,15,20)(H,17,19)/t8-,12-/m0/s1. The van der Waals surface area contributed by atoms with Crippen molar-refractivity contribution in [3.63, 3.8) is 0 Å². The Bertz CT molecular complexity index is 544. The van der Waals surface area contributed by atoms with E-state index < -0.39 is 12.1 Å². The van der Waals surface area contributed by atoms with Gasteiger partial charge in [0.2, 0.25) is 5.91 Å². The monoisotopic (exact) mass is 276 g/mol. The predicted molar refractivity (Wildman–Crippen MR) is 76.0 cm³/mol. The number of nitrogens with zero attached hydrogens (tertiary/aromatic N) is 2. The van der Waals surface area contributed by atoms with Gasteiger partial charge < -0.3 is 16.0 Å². The summed E-state index contributed by atoms with van der Waals surface area (Å²) in [6.45, 7) is 6.16. The number of nitrogens with one attached hydrogen (secondary N) is 1. The number of nitrogens with two attached hydrogens (primary N) is 1. The van der Waals surface area contributed by atoms with E-state index in [1.165, 1.54) is 4.90 Å². The minimum absolute atomic E-state index is 0.0325. The largest absolute Gasteiger partial charge is 0.351 e. The van der Waals surface area contributed by atoms with E-state index in [1.54, 1.807) is 12.4 Å². The molecule has 6 heteroatoms. The quantitative estimate of drug-likeness (QED) is 0.860. The maximum absolute atomic E-state index is 12.4. The van der Waals surface area contributed by atoms with Crippen molar-refractivity contribution in [2.45, 2.75) is 39.8 Å². The lowest BCUT2D eigenvalue weighted by Crippen LogP contribution is -2.50. The van der Waals surface area contributed by atoms with Crippen molar-refractivity contribution in [1.82, 2.24) is 9.88 Å².